The molecule has 5 heteroatoms. The second kappa shape index (κ2) is 8.83. The first-order valence-corrected chi connectivity index (χ1v) is 9.10. The van der Waals surface area contributed by atoms with Crippen molar-refractivity contribution in [1.29, 1.82) is 0 Å². The van der Waals surface area contributed by atoms with E-state index in [1.54, 1.807) is 0 Å². The molecule has 1 heterocycles. The van der Waals surface area contributed by atoms with Gasteiger partial charge in [0.05, 0.1) is 7.11 Å². The molecule has 0 amide bonds. The average Bonchev–Trinajstić information content (AvgIpc) is 2.69. The first-order chi connectivity index (χ1) is 12.7. The third-order valence-corrected chi connectivity index (χ3v) is 4.90. The van der Waals surface area contributed by atoms with Crippen LogP contribution in [0, 0.1) is 0 Å². The summed E-state index contributed by atoms with van der Waals surface area (Å²) in [6.45, 7) is 4.97. The van der Waals surface area contributed by atoms with E-state index >= 15 is 0 Å². The van der Waals surface area contributed by atoms with Crippen LogP contribution in [0.2, 0.25) is 0 Å². The van der Waals surface area contributed by atoms with Crippen LogP contribution in [0.1, 0.15) is 11.1 Å². The van der Waals surface area contributed by atoms with E-state index in [9.17, 15) is 4.79 Å². The number of anilines is 1. The smallest absolute Gasteiger partial charge is 0.322 e. The predicted molar refractivity (Wildman–Crippen MR) is 104 cm³/mol. The van der Waals surface area contributed by atoms with Gasteiger partial charge in [0.1, 0.15) is 6.04 Å². The second-order valence-corrected chi connectivity index (χ2v) is 6.71. The molecule has 1 saturated heterocycles. The van der Waals surface area contributed by atoms with Crippen molar-refractivity contribution >= 4 is 11.7 Å². The van der Waals surface area contributed by atoms with Gasteiger partial charge in [-0.05, 0) is 17.2 Å². The van der Waals surface area contributed by atoms with Gasteiger partial charge in [0, 0.05) is 44.8 Å². The van der Waals surface area contributed by atoms with Gasteiger partial charge in [-0.3, -0.25) is 9.69 Å². The molecule has 26 heavy (non-hydrogen) atoms. The maximum Gasteiger partial charge on any atom is 0.322 e. The van der Waals surface area contributed by atoms with Crippen molar-refractivity contribution < 1.29 is 9.53 Å². The zero-order valence-corrected chi connectivity index (χ0v) is 15.3. The summed E-state index contributed by atoms with van der Waals surface area (Å²) in [6, 6.07) is 18.2. The summed E-state index contributed by atoms with van der Waals surface area (Å²) in [5.74, 6) is -0.368. The molecule has 0 aromatic heterocycles. The summed E-state index contributed by atoms with van der Waals surface area (Å²) in [6.07, 6.45) is 0.493. The van der Waals surface area contributed by atoms with Crippen molar-refractivity contribution in [3.63, 3.8) is 0 Å². The number of rotatable bonds is 6. The van der Waals surface area contributed by atoms with E-state index in [0.717, 1.165) is 38.3 Å². The molecule has 0 spiro atoms. The molecule has 5 nitrogen and oxygen atoms in total. The fourth-order valence-electron chi connectivity index (χ4n) is 3.45. The maximum atomic E-state index is 11.7. The van der Waals surface area contributed by atoms with Crippen LogP contribution in [0.4, 0.5) is 5.69 Å². The van der Waals surface area contributed by atoms with Gasteiger partial charge in [0.2, 0.25) is 0 Å². The fourth-order valence-corrected chi connectivity index (χ4v) is 3.45. The predicted octanol–water partition coefficient (Wildman–Crippen LogP) is 2.05. The number of carbonyl (C=O) groups is 1. The van der Waals surface area contributed by atoms with E-state index in [1.807, 2.05) is 12.1 Å². The molecule has 3 rings (SSSR count). The minimum absolute atomic E-state index is 0.368. The number of para-hydroxylation sites is 1. The summed E-state index contributed by atoms with van der Waals surface area (Å²) in [5, 5.41) is 0. The second-order valence-electron chi connectivity index (χ2n) is 6.71. The molecule has 2 N–H and O–H groups in total. The van der Waals surface area contributed by atoms with Crippen LogP contribution in [0.5, 0.6) is 0 Å². The minimum atomic E-state index is -0.625. The molecule has 2 aromatic carbocycles. The molecule has 1 fully saturated rings. The van der Waals surface area contributed by atoms with Crippen LogP contribution in [0.3, 0.4) is 0 Å². The normalized spacial score (nSPS) is 16.3. The number of hydrogen-bond donors (Lipinski definition) is 1. The van der Waals surface area contributed by atoms with Crippen molar-refractivity contribution in [2.45, 2.75) is 19.0 Å². The van der Waals surface area contributed by atoms with Crippen LogP contribution >= 0.6 is 0 Å². The van der Waals surface area contributed by atoms with E-state index in [-0.39, 0.29) is 5.97 Å². The number of piperazine rings is 1. The molecular weight excluding hydrogens is 326 g/mol. The lowest BCUT2D eigenvalue weighted by molar-refractivity contribution is -0.142. The van der Waals surface area contributed by atoms with Gasteiger partial charge in [0.25, 0.3) is 0 Å². The van der Waals surface area contributed by atoms with E-state index in [0.29, 0.717) is 6.42 Å². The van der Waals surface area contributed by atoms with Crippen molar-refractivity contribution in [2.24, 2.45) is 5.73 Å². The summed E-state index contributed by atoms with van der Waals surface area (Å²) in [5.41, 5.74) is 9.59. The van der Waals surface area contributed by atoms with Gasteiger partial charge in [-0.15, -0.1) is 0 Å². The number of nitrogens with zero attached hydrogens (tertiary/aromatic N) is 2. The van der Waals surface area contributed by atoms with Crippen molar-refractivity contribution in [1.82, 2.24) is 4.90 Å². The Hall–Kier alpha value is -2.37. The molecule has 1 atom stereocenters. The van der Waals surface area contributed by atoms with Gasteiger partial charge >= 0.3 is 5.97 Å². The van der Waals surface area contributed by atoms with Crippen LogP contribution < -0.4 is 10.6 Å². The van der Waals surface area contributed by atoms with Crippen LogP contribution in [-0.2, 0) is 22.5 Å². The Balaban J connectivity index is 1.61. The minimum Gasteiger partial charge on any atom is -0.468 e. The SMILES string of the molecule is COC(=O)C(N)Cc1ccccc1N1CCN(Cc2ccccc2)CC1. The summed E-state index contributed by atoms with van der Waals surface area (Å²) in [4.78, 5) is 16.5. The first kappa shape index (κ1) is 18.4. The topological polar surface area (TPSA) is 58.8 Å². The van der Waals surface area contributed by atoms with Crippen LogP contribution in [0.25, 0.3) is 0 Å². The molecule has 1 aliphatic rings. The highest BCUT2D eigenvalue weighted by atomic mass is 16.5. The lowest BCUT2D eigenvalue weighted by Gasteiger charge is -2.37. The van der Waals surface area contributed by atoms with E-state index in [2.05, 4.69) is 52.3 Å². The van der Waals surface area contributed by atoms with Gasteiger partial charge in [-0.25, -0.2) is 0 Å². The number of methoxy groups -OCH3 is 1. The molecule has 0 aliphatic carbocycles. The monoisotopic (exact) mass is 353 g/mol. The number of esters is 1. The molecular formula is C21H27N3O2. The Bertz CT molecular complexity index is 712. The van der Waals surface area contributed by atoms with E-state index < -0.39 is 6.04 Å². The Morgan fingerprint density at radius 1 is 1.04 bits per heavy atom. The number of carbonyl (C=O) groups excluding carboxylic acids is 1. The average molecular weight is 353 g/mol. The van der Waals surface area contributed by atoms with Gasteiger partial charge in [-0.2, -0.15) is 0 Å². The molecule has 2 aromatic rings. The van der Waals surface area contributed by atoms with Crippen molar-refractivity contribution in [3.8, 4) is 0 Å². The lowest BCUT2D eigenvalue weighted by atomic mass is 10.0. The highest BCUT2D eigenvalue weighted by Gasteiger charge is 2.21. The van der Waals surface area contributed by atoms with Gasteiger partial charge < -0.3 is 15.4 Å². The third kappa shape index (κ3) is 4.62. The summed E-state index contributed by atoms with van der Waals surface area (Å²) < 4.78 is 4.76. The molecule has 0 bridgehead atoms. The quantitative estimate of drug-likeness (QED) is 0.806. The van der Waals surface area contributed by atoms with Gasteiger partial charge in [-0.1, -0.05) is 48.5 Å². The number of hydrogen-bond acceptors (Lipinski definition) is 5. The molecule has 138 valence electrons. The number of nitrogens with two attached hydrogens (primary N) is 1. The van der Waals surface area contributed by atoms with Crippen LogP contribution in [0.15, 0.2) is 54.6 Å². The van der Waals surface area contributed by atoms with Crippen LogP contribution in [-0.4, -0.2) is 50.2 Å². The zero-order chi connectivity index (χ0) is 18.4. The summed E-state index contributed by atoms with van der Waals surface area (Å²) in [7, 11) is 1.38. The maximum absolute atomic E-state index is 11.7. The highest BCUT2D eigenvalue weighted by Crippen LogP contribution is 2.23. The zero-order valence-electron chi connectivity index (χ0n) is 15.3. The van der Waals surface area contributed by atoms with Gasteiger partial charge in [0.15, 0.2) is 0 Å². The Kier molecular flexibility index (Phi) is 6.26. The van der Waals surface area contributed by atoms with Crippen molar-refractivity contribution in [3.05, 3.63) is 65.7 Å². The number of benzene rings is 2. The Labute approximate surface area is 155 Å². The first-order valence-electron chi connectivity index (χ1n) is 9.10. The largest absolute Gasteiger partial charge is 0.468 e. The molecule has 0 radical (unpaired) electrons. The summed E-state index contributed by atoms with van der Waals surface area (Å²) >= 11 is 0. The van der Waals surface area contributed by atoms with E-state index in [4.69, 9.17) is 10.5 Å². The third-order valence-electron chi connectivity index (χ3n) is 4.90. The van der Waals surface area contributed by atoms with E-state index in [1.165, 1.54) is 18.4 Å². The lowest BCUT2D eigenvalue weighted by Crippen LogP contribution is -2.46. The molecule has 1 unspecified atom stereocenters. The Morgan fingerprint density at radius 3 is 2.38 bits per heavy atom. The standard InChI is InChI=1S/C21H27N3O2/c1-26-21(25)19(22)15-18-9-5-6-10-20(18)24-13-11-23(12-14-24)16-17-7-3-2-4-8-17/h2-10,19H,11-16,22H2,1H3. The molecule has 0 saturated carbocycles. The van der Waals surface area contributed by atoms with Crippen molar-refractivity contribution in [2.75, 3.05) is 38.2 Å². The fraction of sp³-hybridized carbons (Fsp3) is 0.381. The number of ether oxygens (including phenoxy) is 1. The highest BCUT2D eigenvalue weighted by molar-refractivity contribution is 5.76. The Morgan fingerprint density at radius 2 is 1.69 bits per heavy atom. The molecule has 1 aliphatic heterocycles.